The van der Waals surface area contributed by atoms with Crippen LogP contribution in [0.15, 0.2) is 0 Å². The van der Waals surface area contributed by atoms with Gasteiger partial charge in [-0.15, -0.1) is 0 Å². The highest BCUT2D eigenvalue weighted by molar-refractivity contribution is 5.04. The minimum Gasteiger partial charge on any atom is -0.356 e. The molecule has 2 rings (SSSR count). The minimum atomic E-state index is 0.153. The van der Waals surface area contributed by atoms with E-state index in [1.54, 1.807) is 0 Å². The number of hydrogen-bond donors (Lipinski definition) is 2. The van der Waals surface area contributed by atoms with Gasteiger partial charge in [0.25, 0.3) is 0 Å². The van der Waals surface area contributed by atoms with Crippen molar-refractivity contribution in [2.24, 2.45) is 0 Å². The lowest BCUT2D eigenvalue weighted by Crippen LogP contribution is -2.65. The SMILES string of the molecule is C[C@H]1NCOC12CNC2. The topological polar surface area (TPSA) is 33.3 Å². The fourth-order valence-corrected chi connectivity index (χ4v) is 1.40. The molecule has 2 aliphatic heterocycles. The molecule has 3 heteroatoms. The summed E-state index contributed by atoms with van der Waals surface area (Å²) in [4.78, 5) is 0. The van der Waals surface area contributed by atoms with Crippen LogP contribution in [0.5, 0.6) is 0 Å². The van der Waals surface area contributed by atoms with Crippen LogP contribution < -0.4 is 10.6 Å². The lowest BCUT2D eigenvalue weighted by molar-refractivity contribution is -0.0423. The lowest BCUT2D eigenvalue weighted by Gasteiger charge is -2.40. The Balaban J connectivity index is 2.09. The van der Waals surface area contributed by atoms with Gasteiger partial charge in [-0.05, 0) is 6.92 Å². The zero-order valence-corrected chi connectivity index (χ0v) is 5.61. The van der Waals surface area contributed by atoms with Crippen LogP contribution in [-0.4, -0.2) is 31.5 Å². The Labute approximate surface area is 54.8 Å². The van der Waals surface area contributed by atoms with Gasteiger partial charge in [-0.3, -0.25) is 5.32 Å². The van der Waals surface area contributed by atoms with Crippen molar-refractivity contribution in [2.45, 2.75) is 18.6 Å². The van der Waals surface area contributed by atoms with E-state index in [2.05, 4.69) is 17.6 Å². The number of hydrogen-bond acceptors (Lipinski definition) is 3. The molecule has 2 fully saturated rings. The van der Waals surface area contributed by atoms with E-state index in [1.807, 2.05) is 0 Å². The molecular weight excluding hydrogens is 116 g/mol. The van der Waals surface area contributed by atoms with Crippen LogP contribution in [0.2, 0.25) is 0 Å². The highest BCUT2D eigenvalue weighted by atomic mass is 16.5. The molecule has 2 N–H and O–H groups in total. The predicted molar refractivity (Wildman–Crippen MR) is 34.2 cm³/mol. The molecule has 0 aliphatic carbocycles. The molecule has 9 heavy (non-hydrogen) atoms. The molecule has 2 aliphatic rings. The van der Waals surface area contributed by atoms with Crippen molar-refractivity contribution >= 4 is 0 Å². The summed E-state index contributed by atoms with van der Waals surface area (Å²) in [7, 11) is 0. The summed E-state index contributed by atoms with van der Waals surface area (Å²) in [6.45, 7) is 4.93. The van der Waals surface area contributed by atoms with Gasteiger partial charge < -0.3 is 10.1 Å². The summed E-state index contributed by atoms with van der Waals surface area (Å²) >= 11 is 0. The number of ether oxygens (including phenoxy) is 1. The summed E-state index contributed by atoms with van der Waals surface area (Å²) in [5, 5.41) is 6.46. The molecule has 0 unspecified atom stereocenters. The summed E-state index contributed by atoms with van der Waals surface area (Å²) < 4.78 is 5.52. The summed E-state index contributed by atoms with van der Waals surface area (Å²) in [5.41, 5.74) is 0.153. The molecule has 3 nitrogen and oxygen atoms in total. The van der Waals surface area contributed by atoms with Gasteiger partial charge in [-0.2, -0.15) is 0 Å². The van der Waals surface area contributed by atoms with Gasteiger partial charge >= 0.3 is 0 Å². The van der Waals surface area contributed by atoms with Gasteiger partial charge in [0, 0.05) is 19.1 Å². The normalized spacial score (nSPS) is 39.0. The molecule has 0 bridgehead atoms. The second kappa shape index (κ2) is 1.68. The van der Waals surface area contributed by atoms with Crippen molar-refractivity contribution in [3.05, 3.63) is 0 Å². The van der Waals surface area contributed by atoms with Crippen LogP contribution in [0.1, 0.15) is 6.92 Å². The predicted octanol–water partition coefficient (Wildman–Crippen LogP) is -0.706. The Bertz CT molecular complexity index is 122. The molecule has 0 aromatic carbocycles. The van der Waals surface area contributed by atoms with Gasteiger partial charge in [0.1, 0.15) is 5.60 Å². The van der Waals surface area contributed by atoms with Gasteiger partial charge in [0.2, 0.25) is 0 Å². The Kier molecular flexibility index (Phi) is 1.06. The largest absolute Gasteiger partial charge is 0.356 e. The lowest BCUT2D eigenvalue weighted by atomic mass is 9.90. The van der Waals surface area contributed by atoms with E-state index in [-0.39, 0.29) is 5.60 Å². The zero-order chi connectivity index (χ0) is 6.32. The average Bonchev–Trinajstić information content (AvgIpc) is 2.07. The molecule has 0 saturated carbocycles. The van der Waals surface area contributed by atoms with Crippen LogP contribution in [-0.2, 0) is 4.74 Å². The van der Waals surface area contributed by atoms with Gasteiger partial charge in [-0.1, -0.05) is 0 Å². The first-order valence-electron chi connectivity index (χ1n) is 3.42. The minimum absolute atomic E-state index is 0.153. The molecule has 0 aromatic rings. The molecule has 52 valence electrons. The quantitative estimate of drug-likeness (QED) is 0.452. The molecule has 1 atom stereocenters. The van der Waals surface area contributed by atoms with Crippen molar-refractivity contribution < 1.29 is 4.74 Å². The van der Waals surface area contributed by atoms with Gasteiger partial charge in [-0.25, -0.2) is 0 Å². The first-order valence-corrected chi connectivity index (χ1v) is 3.42. The van der Waals surface area contributed by atoms with Crippen molar-refractivity contribution in [1.82, 2.24) is 10.6 Å². The first-order chi connectivity index (χ1) is 4.33. The Hall–Kier alpha value is -0.120. The average molecular weight is 128 g/mol. The van der Waals surface area contributed by atoms with E-state index < -0.39 is 0 Å². The molecule has 0 aromatic heterocycles. The van der Waals surface area contributed by atoms with Crippen LogP contribution in [0.25, 0.3) is 0 Å². The van der Waals surface area contributed by atoms with Crippen LogP contribution in [0, 0.1) is 0 Å². The van der Waals surface area contributed by atoms with Crippen molar-refractivity contribution in [3.63, 3.8) is 0 Å². The second-order valence-corrected chi connectivity index (χ2v) is 2.88. The van der Waals surface area contributed by atoms with E-state index >= 15 is 0 Å². The van der Waals surface area contributed by atoms with E-state index in [0.29, 0.717) is 6.04 Å². The van der Waals surface area contributed by atoms with Crippen molar-refractivity contribution in [2.75, 3.05) is 19.8 Å². The molecular formula is C6H12N2O. The van der Waals surface area contributed by atoms with Crippen LogP contribution in [0.3, 0.4) is 0 Å². The molecule has 2 saturated heterocycles. The van der Waals surface area contributed by atoms with E-state index in [9.17, 15) is 0 Å². The third kappa shape index (κ3) is 0.625. The third-order valence-electron chi connectivity index (χ3n) is 2.39. The van der Waals surface area contributed by atoms with Crippen molar-refractivity contribution in [3.8, 4) is 0 Å². The molecule has 1 spiro atoms. The maximum absolute atomic E-state index is 5.52. The Morgan fingerprint density at radius 2 is 2.33 bits per heavy atom. The smallest absolute Gasteiger partial charge is 0.110 e. The maximum Gasteiger partial charge on any atom is 0.110 e. The fraction of sp³-hybridized carbons (Fsp3) is 1.00. The monoisotopic (exact) mass is 128 g/mol. The second-order valence-electron chi connectivity index (χ2n) is 2.88. The van der Waals surface area contributed by atoms with Crippen molar-refractivity contribution in [1.29, 1.82) is 0 Å². The van der Waals surface area contributed by atoms with Crippen LogP contribution >= 0.6 is 0 Å². The standard InChI is InChI=1S/C6H12N2O/c1-5-6(2-7-3-6)9-4-8-5/h5,7-8H,2-4H2,1H3/t5-/m1/s1. The maximum atomic E-state index is 5.52. The van der Waals surface area contributed by atoms with E-state index in [4.69, 9.17) is 4.74 Å². The van der Waals surface area contributed by atoms with Gasteiger partial charge in [0.05, 0.1) is 6.73 Å². The van der Waals surface area contributed by atoms with E-state index in [1.165, 1.54) is 0 Å². The van der Waals surface area contributed by atoms with E-state index in [0.717, 1.165) is 19.8 Å². The molecule has 2 heterocycles. The van der Waals surface area contributed by atoms with Gasteiger partial charge in [0.15, 0.2) is 0 Å². The number of rotatable bonds is 0. The highest BCUT2D eigenvalue weighted by Crippen LogP contribution is 2.24. The fourth-order valence-electron chi connectivity index (χ4n) is 1.40. The molecule has 0 amide bonds. The summed E-state index contributed by atoms with van der Waals surface area (Å²) in [5.74, 6) is 0. The summed E-state index contributed by atoms with van der Waals surface area (Å²) in [6, 6.07) is 0.527. The first kappa shape index (κ1) is 5.65. The summed E-state index contributed by atoms with van der Waals surface area (Å²) in [6.07, 6.45) is 0. The Morgan fingerprint density at radius 3 is 2.56 bits per heavy atom. The zero-order valence-electron chi connectivity index (χ0n) is 5.61. The van der Waals surface area contributed by atoms with Crippen LogP contribution in [0.4, 0.5) is 0 Å². The number of nitrogens with one attached hydrogen (secondary N) is 2. The highest BCUT2D eigenvalue weighted by Gasteiger charge is 2.46. The molecule has 0 radical (unpaired) electrons. The Morgan fingerprint density at radius 1 is 1.56 bits per heavy atom. The third-order valence-corrected chi connectivity index (χ3v) is 2.39.